The van der Waals surface area contributed by atoms with Crippen LogP contribution in [0.15, 0.2) is 30.5 Å². The molecule has 0 radical (unpaired) electrons. The van der Waals surface area contributed by atoms with E-state index in [1.165, 1.54) is 37.2 Å². The fraction of sp³-hybridized carbons (Fsp3) is 0.571. The van der Waals surface area contributed by atoms with Crippen molar-refractivity contribution in [2.75, 3.05) is 26.7 Å². The zero-order valence-electron chi connectivity index (χ0n) is 15.7. The Balaban J connectivity index is 1.45. The molecule has 4 aliphatic rings. The highest BCUT2D eigenvalue weighted by molar-refractivity contribution is 5.33. The highest BCUT2D eigenvalue weighted by Gasteiger charge is 2.53. The second-order valence-corrected chi connectivity index (χ2v) is 8.16. The lowest BCUT2D eigenvalue weighted by Crippen LogP contribution is -2.60. The molecule has 4 fully saturated rings. The number of hydrogen-bond donors (Lipinski definition) is 1. The minimum absolute atomic E-state index is 0.582. The number of ether oxygens (including phenoxy) is 1. The normalized spacial score (nSPS) is 33.4. The Hall–Kier alpha value is -1.85. The minimum atomic E-state index is 0.582. The molecule has 2 bridgehead atoms. The highest BCUT2D eigenvalue weighted by Crippen LogP contribution is 2.47. The standard InChI is InChI=1S/C21H28N4O/c1-14-22-11-17(23-14)12-25-13-19(15-3-5-18(26-2)6-4-15)21-20(25)16-7-9-24(21)10-8-16/h3-6,11,16,19-21H,7-10,12-13H2,1-2H3,(H,22,23)/t19-,20+,21+/m0/s1. The summed E-state index contributed by atoms with van der Waals surface area (Å²) in [5, 5.41) is 0. The maximum Gasteiger partial charge on any atom is 0.118 e. The van der Waals surface area contributed by atoms with Gasteiger partial charge in [0.15, 0.2) is 0 Å². The number of rotatable bonds is 4. The molecule has 0 amide bonds. The van der Waals surface area contributed by atoms with Gasteiger partial charge in [0, 0.05) is 43.0 Å². The van der Waals surface area contributed by atoms with E-state index in [2.05, 4.69) is 44.0 Å². The van der Waals surface area contributed by atoms with Crippen molar-refractivity contribution in [3.63, 3.8) is 0 Å². The number of benzene rings is 1. The van der Waals surface area contributed by atoms with Gasteiger partial charge in [0.1, 0.15) is 11.6 Å². The number of fused-ring (bicyclic) bond motifs is 2. The van der Waals surface area contributed by atoms with E-state index < -0.39 is 0 Å². The highest BCUT2D eigenvalue weighted by atomic mass is 16.5. The molecule has 0 aliphatic carbocycles. The van der Waals surface area contributed by atoms with E-state index in [0.717, 1.165) is 30.6 Å². The summed E-state index contributed by atoms with van der Waals surface area (Å²) in [5.41, 5.74) is 2.70. The first-order valence-electron chi connectivity index (χ1n) is 9.85. The van der Waals surface area contributed by atoms with Crippen LogP contribution in [-0.4, -0.2) is 58.6 Å². The van der Waals surface area contributed by atoms with Crippen LogP contribution in [0.4, 0.5) is 0 Å². The van der Waals surface area contributed by atoms with Gasteiger partial charge < -0.3 is 9.72 Å². The molecule has 0 saturated carbocycles. The molecule has 4 saturated heterocycles. The number of aryl methyl sites for hydroxylation is 1. The number of methoxy groups -OCH3 is 1. The molecule has 4 aliphatic heterocycles. The largest absolute Gasteiger partial charge is 0.497 e. The van der Waals surface area contributed by atoms with Crippen LogP contribution in [0.5, 0.6) is 5.75 Å². The molecule has 138 valence electrons. The summed E-state index contributed by atoms with van der Waals surface area (Å²) in [5.74, 6) is 3.38. The molecule has 6 rings (SSSR count). The summed E-state index contributed by atoms with van der Waals surface area (Å²) in [4.78, 5) is 13.3. The topological polar surface area (TPSA) is 44.4 Å². The lowest BCUT2D eigenvalue weighted by molar-refractivity contribution is -0.00895. The summed E-state index contributed by atoms with van der Waals surface area (Å²) in [6.45, 7) is 6.70. The maximum absolute atomic E-state index is 5.36. The van der Waals surface area contributed by atoms with Gasteiger partial charge in [-0.05, 0) is 56.5 Å². The van der Waals surface area contributed by atoms with Crippen molar-refractivity contribution >= 4 is 0 Å². The van der Waals surface area contributed by atoms with E-state index in [4.69, 9.17) is 4.74 Å². The van der Waals surface area contributed by atoms with Gasteiger partial charge in [-0.25, -0.2) is 4.98 Å². The van der Waals surface area contributed by atoms with E-state index in [1.807, 2.05) is 13.1 Å². The van der Waals surface area contributed by atoms with Gasteiger partial charge in [-0.15, -0.1) is 0 Å². The van der Waals surface area contributed by atoms with Gasteiger partial charge in [-0.1, -0.05) is 12.1 Å². The Morgan fingerprint density at radius 2 is 1.92 bits per heavy atom. The fourth-order valence-electron chi connectivity index (χ4n) is 5.64. The molecule has 3 atom stereocenters. The molecule has 1 aromatic carbocycles. The van der Waals surface area contributed by atoms with E-state index in [9.17, 15) is 0 Å². The van der Waals surface area contributed by atoms with Crippen LogP contribution in [0.1, 0.15) is 35.8 Å². The zero-order chi connectivity index (χ0) is 17.7. The zero-order valence-corrected chi connectivity index (χ0v) is 15.7. The average Bonchev–Trinajstić information content (AvgIpc) is 3.28. The van der Waals surface area contributed by atoms with E-state index in [-0.39, 0.29) is 0 Å². The Morgan fingerprint density at radius 1 is 1.15 bits per heavy atom. The molecule has 5 heterocycles. The summed E-state index contributed by atoms with van der Waals surface area (Å²) < 4.78 is 5.36. The molecule has 1 N–H and O–H groups in total. The molecule has 0 unspecified atom stereocenters. The van der Waals surface area contributed by atoms with Crippen LogP contribution in [0.3, 0.4) is 0 Å². The maximum atomic E-state index is 5.36. The predicted molar refractivity (Wildman–Crippen MR) is 101 cm³/mol. The molecule has 5 nitrogen and oxygen atoms in total. The lowest BCUT2D eigenvalue weighted by Gasteiger charge is -2.51. The molecule has 0 spiro atoms. The Morgan fingerprint density at radius 3 is 2.58 bits per heavy atom. The molecule has 1 aromatic heterocycles. The van der Waals surface area contributed by atoms with E-state index in [0.29, 0.717) is 18.0 Å². The van der Waals surface area contributed by atoms with Crippen molar-refractivity contribution in [1.82, 2.24) is 19.8 Å². The predicted octanol–water partition coefficient (Wildman–Crippen LogP) is 2.79. The SMILES string of the molecule is COc1ccc([C@@H]2CN(Cc3cnc(C)[nH]3)[C@@H]3C4CCN(CC4)[C@@H]32)cc1. The number of nitrogens with one attached hydrogen (secondary N) is 1. The van der Waals surface area contributed by atoms with Gasteiger partial charge >= 0.3 is 0 Å². The van der Waals surface area contributed by atoms with Crippen LogP contribution in [0.25, 0.3) is 0 Å². The van der Waals surface area contributed by atoms with Gasteiger partial charge in [-0.2, -0.15) is 0 Å². The number of H-pyrrole nitrogens is 1. The number of nitrogens with zero attached hydrogens (tertiary/aromatic N) is 3. The number of imidazole rings is 1. The Labute approximate surface area is 155 Å². The van der Waals surface area contributed by atoms with Crippen LogP contribution in [0.2, 0.25) is 0 Å². The molecular weight excluding hydrogens is 324 g/mol. The van der Waals surface area contributed by atoms with E-state index >= 15 is 0 Å². The molecule has 2 aromatic rings. The quantitative estimate of drug-likeness (QED) is 0.919. The van der Waals surface area contributed by atoms with Crippen molar-refractivity contribution in [2.45, 2.75) is 44.3 Å². The van der Waals surface area contributed by atoms with Crippen LogP contribution >= 0.6 is 0 Å². The molecule has 5 heteroatoms. The summed E-state index contributed by atoms with van der Waals surface area (Å²) >= 11 is 0. The monoisotopic (exact) mass is 352 g/mol. The fourth-order valence-corrected chi connectivity index (χ4v) is 5.64. The second-order valence-electron chi connectivity index (χ2n) is 8.16. The smallest absolute Gasteiger partial charge is 0.118 e. The molecule has 26 heavy (non-hydrogen) atoms. The lowest BCUT2D eigenvalue weighted by atomic mass is 9.75. The number of aromatic nitrogens is 2. The number of hydrogen-bond acceptors (Lipinski definition) is 4. The van der Waals surface area contributed by atoms with Crippen molar-refractivity contribution in [3.05, 3.63) is 47.5 Å². The first-order valence-corrected chi connectivity index (χ1v) is 9.85. The first kappa shape index (κ1) is 16.3. The number of piperidine rings is 3. The third-order valence-electron chi connectivity index (χ3n) is 6.77. The third-order valence-corrected chi connectivity index (χ3v) is 6.77. The summed E-state index contributed by atoms with van der Waals surface area (Å²) in [7, 11) is 1.74. The third kappa shape index (κ3) is 2.65. The number of aromatic amines is 1. The van der Waals surface area contributed by atoms with Gasteiger partial charge in [0.2, 0.25) is 0 Å². The van der Waals surface area contributed by atoms with Crippen molar-refractivity contribution < 1.29 is 4.74 Å². The van der Waals surface area contributed by atoms with Gasteiger partial charge in [-0.3, -0.25) is 9.80 Å². The van der Waals surface area contributed by atoms with Crippen molar-refractivity contribution in [3.8, 4) is 5.75 Å². The van der Waals surface area contributed by atoms with Crippen molar-refractivity contribution in [1.29, 1.82) is 0 Å². The van der Waals surface area contributed by atoms with Crippen LogP contribution in [0, 0.1) is 12.8 Å². The summed E-state index contributed by atoms with van der Waals surface area (Å²) in [6, 6.07) is 10.1. The Bertz CT molecular complexity index is 763. The number of likely N-dealkylation sites (tertiary alicyclic amines) is 1. The minimum Gasteiger partial charge on any atom is -0.497 e. The first-order chi connectivity index (χ1) is 12.7. The van der Waals surface area contributed by atoms with Crippen molar-refractivity contribution in [2.24, 2.45) is 5.92 Å². The summed E-state index contributed by atoms with van der Waals surface area (Å²) in [6.07, 6.45) is 4.72. The van der Waals surface area contributed by atoms with Crippen LogP contribution in [-0.2, 0) is 6.54 Å². The Kier molecular flexibility index (Phi) is 4.02. The second kappa shape index (κ2) is 6.39. The van der Waals surface area contributed by atoms with Gasteiger partial charge in [0.05, 0.1) is 7.11 Å². The van der Waals surface area contributed by atoms with E-state index in [1.54, 1.807) is 7.11 Å². The van der Waals surface area contributed by atoms with Crippen LogP contribution < -0.4 is 4.74 Å². The average molecular weight is 352 g/mol. The molecular formula is C21H28N4O. The van der Waals surface area contributed by atoms with Gasteiger partial charge in [0.25, 0.3) is 0 Å².